The summed E-state index contributed by atoms with van der Waals surface area (Å²) in [5, 5.41) is 3.31. The number of nitrogens with one attached hydrogen (secondary N) is 1. The number of aromatic nitrogens is 1. The highest BCUT2D eigenvalue weighted by Gasteiger charge is 2.34. The number of amides is 2. The molecule has 0 saturated heterocycles. The molecule has 0 saturated carbocycles. The van der Waals surface area contributed by atoms with Crippen molar-refractivity contribution in [3.8, 4) is 5.75 Å². The molecule has 4 rings (SSSR count). The Bertz CT molecular complexity index is 1070. The van der Waals surface area contributed by atoms with Crippen molar-refractivity contribution in [2.45, 2.75) is 52.1 Å². The number of nitrogens with zero attached hydrogens (tertiary/aromatic N) is 2. The van der Waals surface area contributed by atoms with Gasteiger partial charge in [-0.1, -0.05) is 64.1 Å². The van der Waals surface area contributed by atoms with Gasteiger partial charge < -0.3 is 19.5 Å². The van der Waals surface area contributed by atoms with Crippen molar-refractivity contribution in [2.24, 2.45) is 0 Å². The van der Waals surface area contributed by atoms with E-state index in [1.807, 2.05) is 35.2 Å². The molecule has 1 atom stereocenters. The van der Waals surface area contributed by atoms with Crippen LogP contribution >= 0.6 is 0 Å². The van der Waals surface area contributed by atoms with Crippen LogP contribution in [0, 0.1) is 0 Å². The zero-order chi connectivity index (χ0) is 22.8. The third kappa shape index (κ3) is 3.99. The molecule has 2 aromatic carbocycles. The number of rotatable bonds is 5. The molecule has 1 aliphatic heterocycles. The number of carbonyl (C=O) groups is 1. The van der Waals surface area contributed by atoms with E-state index in [4.69, 9.17) is 4.74 Å². The molecule has 2 heterocycles. The van der Waals surface area contributed by atoms with Crippen LogP contribution in [0.25, 0.3) is 0 Å². The summed E-state index contributed by atoms with van der Waals surface area (Å²) in [6.07, 6.45) is 2.08. The van der Waals surface area contributed by atoms with E-state index in [2.05, 4.69) is 68.0 Å². The van der Waals surface area contributed by atoms with E-state index in [1.54, 1.807) is 7.11 Å². The van der Waals surface area contributed by atoms with Gasteiger partial charge >= 0.3 is 6.03 Å². The molecule has 5 heteroatoms. The van der Waals surface area contributed by atoms with Crippen LogP contribution in [0.15, 0.2) is 60.8 Å². The summed E-state index contributed by atoms with van der Waals surface area (Å²) in [6, 6.07) is 18.1. The monoisotopic (exact) mass is 431 g/mol. The van der Waals surface area contributed by atoms with Crippen molar-refractivity contribution in [1.82, 2.24) is 9.47 Å². The lowest BCUT2D eigenvalue weighted by Crippen LogP contribution is -2.44. The molecule has 3 aromatic rings. The van der Waals surface area contributed by atoms with E-state index in [0.29, 0.717) is 18.4 Å². The minimum absolute atomic E-state index is 0.0802. The highest BCUT2D eigenvalue weighted by atomic mass is 16.5. The molecule has 0 bridgehead atoms. The molecule has 2 amide bonds. The standard InChI is InChI=1S/C27H33N3O2/c1-18(2)20-11-8-12-21(19(3)4)25(20)28-27(31)30-17-16-29-15-9-13-23(29)26(30)22-10-6-7-14-24(22)32-5/h6-15,18-19,26H,16-17H2,1-5H3,(H,28,31)/t26-/m1/s1. The topological polar surface area (TPSA) is 46.5 Å². The van der Waals surface area contributed by atoms with Crippen molar-refractivity contribution in [3.63, 3.8) is 0 Å². The van der Waals surface area contributed by atoms with E-state index in [1.165, 1.54) is 11.1 Å². The average molecular weight is 432 g/mol. The zero-order valence-electron chi connectivity index (χ0n) is 19.6. The minimum atomic E-state index is -0.219. The van der Waals surface area contributed by atoms with Crippen molar-refractivity contribution >= 4 is 11.7 Å². The number of methoxy groups -OCH3 is 1. The molecule has 0 spiro atoms. The van der Waals surface area contributed by atoms with Gasteiger partial charge in [0, 0.05) is 36.2 Å². The smallest absolute Gasteiger partial charge is 0.322 e. The van der Waals surface area contributed by atoms with E-state index in [-0.39, 0.29) is 12.1 Å². The van der Waals surface area contributed by atoms with Gasteiger partial charge in [-0.15, -0.1) is 0 Å². The Morgan fingerprint density at radius 3 is 2.28 bits per heavy atom. The van der Waals surface area contributed by atoms with Crippen LogP contribution < -0.4 is 10.1 Å². The Morgan fingerprint density at radius 2 is 1.62 bits per heavy atom. The predicted molar refractivity (Wildman–Crippen MR) is 130 cm³/mol. The molecule has 0 fully saturated rings. The molecule has 5 nitrogen and oxygen atoms in total. The Balaban J connectivity index is 1.76. The fourth-order valence-electron chi connectivity index (χ4n) is 4.70. The number of benzene rings is 2. The molecular formula is C27H33N3O2. The highest BCUT2D eigenvalue weighted by molar-refractivity contribution is 5.92. The fraction of sp³-hybridized carbons (Fsp3) is 0.370. The summed E-state index contributed by atoms with van der Waals surface area (Å²) in [4.78, 5) is 15.7. The predicted octanol–water partition coefficient (Wildman–Crippen LogP) is 6.38. The number of carbonyl (C=O) groups excluding carboxylic acids is 1. The van der Waals surface area contributed by atoms with Crippen LogP contribution in [0.3, 0.4) is 0 Å². The molecule has 0 radical (unpaired) electrons. The maximum atomic E-state index is 13.8. The summed E-state index contributed by atoms with van der Waals surface area (Å²) in [5.74, 6) is 1.41. The van der Waals surface area contributed by atoms with Gasteiger partial charge in [0.25, 0.3) is 0 Å². The number of urea groups is 1. The van der Waals surface area contributed by atoms with Crippen LogP contribution in [-0.2, 0) is 6.54 Å². The number of hydrogen-bond acceptors (Lipinski definition) is 2. The summed E-state index contributed by atoms with van der Waals surface area (Å²) in [7, 11) is 1.68. The van der Waals surface area contributed by atoms with Gasteiger partial charge in [-0.25, -0.2) is 4.79 Å². The lowest BCUT2D eigenvalue weighted by atomic mass is 9.92. The molecule has 168 valence electrons. The average Bonchev–Trinajstić information content (AvgIpc) is 3.27. The molecule has 0 unspecified atom stereocenters. The first kappa shape index (κ1) is 22.0. The fourth-order valence-corrected chi connectivity index (χ4v) is 4.70. The number of para-hydroxylation sites is 2. The lowest BCUT2D eigenvalue weighted by molar-refractivity contribution is 0.180. The normalized spacial score (nSPS) is 15.7. The number of hydrogen-bond donors (Lipinski definition) is 1. The SMILES string of the molecule is COc1ccccc1[C@@H]1c2cccn2CCN1C(=O)Nc1c(C(C)C)cccc1C(C)C. The van der Waals surface area contributed by atoms with E-state index >= 15 is 0 Å². The maximum absolute atomic E-state index is 13.8. The van der Waals surface area contributed by atoms with E-state index in [9.17, 15) is 4.79 Å². The highest BCUT2D eigenvalue weighted by Crippen LogP contribution is 2.38. The van der Waals surface area contributed by atoms with Gasteiger partial charge in [-0.3, -0.25) is 0 Å². The molecule has 0 aliphatic carbocycles. The van der Waals surface area contributed by atoms with Crippen LogP contribution in [0.2, 0.25) is 0 Å². The van der Waals surface area contributed by atoms with Gasteiger partial charge in [0.2, 0.25) is 0 Å². The summed E-state index contributed by atoms with van der Waals surface area (Å²) >= 11 is 0. The quantitative estimate of drug-likeness (QED) is 0.509. The van der Waals surface area contributed by atoms with Crippen molar-refractivity contribution < 1.29 is 9.53 Å². The van der Waals surface area contributed by atoms with E-state index < -0.39 is 0 Å². The van der Waals surface area contributed by atoms with Crippen molar-refractivity contribution in [3.05, 3.63) is 83.2 Å². The van der Waals surface area contributed by atoms with Gasteiger partial charge in [0.1, 0.15) is 11.8 Å². The second-order valence-electron chi connectivity index (χ2n) is 9.02. The zero-order valence-corrected chi connectivity index (χ0v) is 19.6. The maximum Gasteiger partial charge on any atom is 0.322 e. The summed E-state index contributed by atoms with van der Waals surface area (Å²) in [5.41, 5.74) is 5.36. The van der Waals surface area contributed by atoms with Gasteiger partial charge in [0.05, 0.1) is 7.11 Å². The first-order valence-electron chi connectivity index (χ1n) is 11.4. The second kappa shape index (κ2) is 9.11. The third-order valence-electron chi connectivity index (χ3n) is 6.34. The minimum Gasteiger partial charge on any atom is -0.496 e. The van der Waals surface area contributed by atoms with Crippen LogP contribution in [-0.4, -0.2) is 29.2 Å². The van der Waals surface area contributed by atoms with Gasteiger partial charge in [0.15, 0.2) is 0 Å². The van der Waals surface area contributed by atoms with Gasteiger partial charge in [-0.2, -0.15) is 0 Å². The summed E-state index contributed by atoms with van der Waals surface area (Å²) < 4.78 is 7.89. The Kier molecular flexibility index (Phi) is 6.26. The first-order chi connectivity index (χ1) is 15.4. The van der Waals surface area contributed by atoms with Crippen LogP contribution in [0.4, 0.5) is 10.5 Å². The van der Waals surface area contributed by atoms with Crippen molar-refractivity contribution in [1.29, 1.82) is 0 Å². The molecule has 1 N–H and O–H groups in total. The molecular weight excluding hydrogens is 398 g/mol. The Labute approximate surface area is 191 Å². The number of fused-ring (bicyclic) bond motifs is 1. The molecule has 1 aromatic heterocycles. The van der Waals surface area contributed by atoms with Crippen LogP contribution in [0.5, 0.6) is 5.75 Å². The molecule has 32 heavy (non-hydrogen) atoms. The Morgan fingerprint density at radius 1 is 0.938 bits per heavy atom. The Hall–Kier alpha value is -3.21. The summed E-state index contributed by atoms with van der Waals surface area (Å²) in [6.45, 7) is 10.1. The van der Waals surface area contributed by atoms with E-state index in [0.717, 1.165) is 29.2 Å². The lowest BCUT2D eigenvalue weighted by Gasteiger charge is -2.38. The third-order valence-corrected chi connectivity index (χ3v) is 6.34. The largest absolute Gasteiger partial charge is 0.496 e. The van der Waals surface area contributed by atoms with Crippen LogP contribution in [0.1, 0.15) is 68.0 Å². The molecule has 1 aliphatic rings. The van der Waals surface area contributed by atoms with Crippen molar-refractivity contribution in [2.75, 3.05) is 19.0 Å². The number of anilines is 1. The second-order valence-corrected chi connectivity index (χ2v) is 9.02. The number of ether oxygens (including phenoxy) is 1. The van der Waals surface area contributed by atoms with Gasteiger partial charge in [-0.05, 0) is 41.2 Å². The first-order valence-corrected chi connectivity index (χ1v) is 11.4.